The molecule has 5 heterocycles. The number of benzene rings is 1. The first-order chi connectivity index (χ1) is 20.3. The lowest BCUT2D eigenvalue weighted by Gasteiger charge is -2.30. The fourth-order valence-electron chi connectivity index (χ4n) is 6.67. The second-order valence-electron chi connectivity index (χ2n) is 12.2. The largest absolute Gasteiger partial charge is 0.458 e. The average Bonchev–Trinajstić information content (AvgIpc) is 3.67. The van der Waals surface area contributed by atoms with Gasteiger partial charge in [0.2, 0.25) is 0 Å². The van der Waals surface area contributed by atoms with Gasteiger partial charge < -0.3 is 47.7 Å². The molecule has 4 saturated heterocycles. The maximum absolute atomic E-state index is 14.0. The van der Waals surface area contributed by atoms with E-state index in [9.17, 15) is 14.7 Å². The number of hydrogen-bond acceptors (Lipinski definition) is 12. The van der Waals surface area contributed by atoms with Crippen LogP contribution in [0.25, 0.3) is 11.0 Å². The van der Waals surface area contributed by atoms with Gasteiger partial charge in [-0.15, -0.1) is 0 Å². The Labute approximate surface area is 248 Å². The van der Waals surface area contributed by atoms with E-state index in [1.54, 1.807) is 52.0 Å². The molecule has 1 N–H and O–H groups in total. The second kappa shape index (κ2) is 11.2. The third-order valence-electron chi connectivity index (χ3n) is 8.32. The number of fused-ring (bicyclic) bond motifs is 3. The lowest BCUT2D eigenvalue weighted by atomic mass is 10.0. The minimum atomic E-state index is -1.14. The summed E-state index contributed by atoms with van der Waals surface area (Å²) in [6.45, 7) is 8.27. The number of carbonyl (C=O) groups excluding carboxylic acids is 1. The molecular formula is C29H40N2O12. The molecule has 10 atom stereocenters. The van der Waals surface area contributed by atoms with Crippen LogP contribution in [-0.4, -0.2) is 107 Å². The van der Waals surface area contributed by atoms with Gasteiger partial charge in [-0.2, -0.15) is 0 Å². The van der Waals surface area contributed by atoms with Gasteiger partial charge in [-0.1, -0.05) is 12.1 Å². The van der Waals surface area contributed by atoms with Crippen LogP contribution in [0.3, 0.4) is 0 Å². The van der Waals surface area contributed by atoms with Crippen molar-refractivity contribution in [3.63, 3.8) is 0 Å². The van der Waals surface area contributed by atoms with Crippen molar-refractivity contribution < 1.29 is 52.5 Å². The molecular weight excluding hydrogens is 568 g/mol. The fraction of sp³-hybridized carbons (Fsp3) is 0.724. The number of methoxy groups -OCH3 is 2. The van der Waals surface area contributed by atoms with E-state index < -0.39 is 84.6 Å². The van der Waals surface area contributed by atoms with Gasteiger partial charge in [0, 0.05) is 21.1 Å². The minimum Gasteiger partial charge on any atom is -0.458 e. The third-order valence-corrected chi connectivity index (χ3v) is 8.32. The molecule has 238 valence electrons. The van der Waals surface area contributed by atoms with Gasteiger partial charge in [0.15, 0.2) is 24.2 Å². The number of aliphatic hydroxyl groups excluding tert-OH is 1. The normalized spacial score (nSPS) is 35.6. The Morgan fingerprint density at radius 3 is 1.86 bits per heavy atom. The molecule has 14 nitrogen and oxygen atoms in total. The lowest BCUT2D eigenvalue weighted by molar-refractivity contribution is -0.231. The predicted molar refractivity (Wildman–Crippen MR) is 147 cm³/mol. The van der Waals surface area contributed by atoms with E-state index in [0.717, 1.165) is 0 Å². The highest BCUT2D eigenvalue weighted by molar-refractivity contribution is 5.76. The molecule has 0 unspecified atom stereocenters. The number of para-hydroxylation sites is 2. The van der Waals surface area contributed by atoms with E-state index in [4.69, 9.17) is 42.6 Å². The zero-order valence-electron chi connectivity index (χ0n) is 25.3. The minimum absolute atomic E-state index is 0.0447. The Balaban J connectivity index is 1.27. The van der Waals surface area contributed by atoms with Crippen molar-refractivity contribution in [2.45, 2.75) is 121 Å². The smallest absolute Gasteiger partial charge is 0.329 e. The molecule has 1 aromatic heterocycles. The van der Waals surface area contributed by atoms with E-state index >= 15 is 0 Å². The van der Waals surface area contributed by atoms with E-state index in [1.807, 2.05) is 0 Å². The zero-order valence-corrected chi connectivity index (χ0v) is 25.3. The summed E-state index contributed by atoms with van der Waals surface area (Å²) in [4.78, 5) is 26.2. The van der Waals surface area contributed by atoms with Crippen LogP contribution in [-0.2, 0) is 60.5 Å². The van der Waals surface area contributed by atoms with Crippen molar-refractivity contribution in [2.75, 3.05) is 14.2 Å². The van der Waals surface area contributed by atoms with Crippen molar-refractivity contribution in [2.24, 2.45) is 0 Å². The van der Waals surface area contributed by atoms with Crippen LogP contribution in [0.4, 0.5) is 0 Å². The third kappa shape index (κ3) is 5.53. The summed E-state index contributed by atoms with van der Waals surface area (Å²) in [7, 11) is 3.04. The Kier molecular flexibility index (Phi) is 7.97. The van der Waals surface area contributed by atoms with Crippen LogP contribution in [0.5, 0.6) is 0 Å². The zero-order chi connectivity index (χ0) is 30.8. The quantitative estimate of drug-likeness (QED) is 0.403. The molecule has 2 aromatic rings. The number of carbonyl (C=O) groups is 1. The maximum atomic E-state index is 14.0. The molecule has 0 spiro atoms. The molecule has 0 radical (unpaired) electrons. The molecule has 43 heavy (non-hydrogen) atoms. The number of imidazole rings is 1. The van der Waals surface area contributed by atoms with Gasteiger partial charge in [0.1, 0.15) is 48.8 Å². The number of aromatic nitrogens is 2. The first-order valence-electron chi connectivity index (χ1n) is 14.4. The van der Waals surface area contributed by atoms with E-state index in [1.165, 1.54) is 30.3 Å². The lowest BCUT2D eigenvalue weighted by Crippen LogP contribution is -2.47. The van der Waals surface area contributed by atoms with Crippen molar-refractivity contribution in [3.8, 4) is 0 Å². The number of nitrogens with zero attached hydrogens (tertiary/aromatic N) is 2. The van der Waals surface area contributed by atoms with E-state index in [-0.39, 0.29) is 13.1 Å². The molecule has 4 aliphatic rings. The highest BCUT2D eigenvalue weighted by Crippen LogP contribution is 2.41. The molecule has 0 bridgehead atoms. The second-order valence-corrected chi connectivity index (χ2v) is 12.2. The highest BCUT2D eigenvalue weighted by atomic mass is 16.9. The highest BCUT2D eigenvalue weighted by Gasteiger charge is 2.58. The Bertz CT molecular complexity index is 1400. The van der Waals surface area contributed by atoms with Crippen molar-refractivity contribution in [1.82, 2.24) is 9.13 Å². The summed E-state index contributed by atoms with van der Waals surface area (Å²) in [6.07, 6.45) is -7.39. The first-order valence-corrected chi connectivity index (χ1v) is 14.4. The van der Waals surface area contributed by atoms with Crippen LogP contribution < -0.4 is 5.69 Å². The maximum Gasteiger partial charge on any atom is 0.329 e. The average molecular weight is 609 g/mol. The Hall–Kier alpha value is -2.40. The van der Waals surface area contributed by atoms with Crippen LogP contribution >= 0.6 is 0 Å². The van der Waals surface area contributed by atoms with Crippen molar-refractivity contribution >= 4 is 17.0 Å². The predicted octanol–water partition coefficient (Wildman–Crippen LogP) is 0.878. The van der Waals surface area contributed by atoms with E-state index in [0.29, 0.717) is 11.0 Å². The SMILES string of the molecule is CO[C@@H]1[C@H]2OC(C)(C)O[C@H]2O[C@@H]1[C@H](O)Cn1c(=O)n(C[C@@H](OC(C)=O)[C@H]2O[C@@H]3OC(C)(C)O[C@@H]3[C@H]2OC)c2ccccc21. The van der Waals surface area contributed by atoms with E-state index in [2.05, 4.69) is 0 Å². The number of hydrogen-bond donors (Lipinski definition) is 1. The summed E-state index contributed by atoms with van der Waals surface area (Å²) in [6, 6.07) is 7.17. The van der Waals surface area contributed by atoms with Gasteiger partial charge in [-0.3, -0.25) is 13.9 Å². The summed E-state index contributed by atoms with van der Waals surface area (Å²) >= 11 is 0. The van der Waals surface area contributed by atoms with Gasteiger partial charge in [0.05, 0.1) is 24.1 Å². The fourth-order valence-corrected chi connectivity index (χ4v) is 6.67. The summed E-state index contributed by atoms with van der Waals surface area (Å²) in [5.74, 6) is -2.25. The summed E-state index contributed by atoms with van der Waals surface area (Å²) in [5, 5.41) is 11.3. The topological polar surface area (TPSA) is 147 Å². The molecule has 4 fully saturated rings. The van der Waals surface area contributed by atoms with Crippen LogP contribution in [0, 0.1) is 0 Å². The van der Waals surface area contributed by atoms with Gasteiger partial charge in [0.25, 0.3) is 0 Å². The van der Waals surface area contributed by atoms with Gasteiger partial charge in [-0.05, 0) is 39.8 Å². The Morgan fingerprint density at radius 1 is 0.860 bits per heavy atom. The molecule has 0 amide bonds. The monoisotopic (exact) mass is 608 g/mol. The number of rotatable bonds is 9. The van der Waals surface area contributed by atoms with Crippen LogP contribution in [0.1, 0.15) is 34.6 Å². The number of aliphatic hydroxyl groups is 1. The number of esters is 1. The molecule has 0 aliphatic carbocycles. The number of ether oxygens (including phenoxy) is 9. The van der Waals surface area contributed by atoms with Gasteiger partial charge >= 0.3 is 11.7 Å². The molecule has 6 rings (SSSR count). The van der Waals surface area contributed by atoms with Crippen molar-refractivity contribution in [3.05, 3.63) is 34.7 Å². The van der Waals surface area contributed by atoms with Gasteiger partial charge in [-0.25, -0.2) is 4.79 Å². The first kappa shape index (κ1) is 30.6. The standard InChI is InChI=1S/C29H40N2O12/c1-14(32)37-18(20-22(36-7)24-26(39-20)43-29(4,5)41-24)13-31-16-11-9-8-10-15(16)30(27(31)34)12-17(33)19-21(35-6)23-25(38-19)42-28(2,3)40-23/h8-11,17-26,33H,12-13H2,1-7H3/t17-,18-,19-,20-,21+,22+,23-,24-,25-,26-/m1/s1. The molecule has 14 heteroatoms. The Morgan fingerprint density at radius 2 is 1.35 bits per heavy atom. The van der Waals surface area contributed by atoms with Crippen LogP contribution in [0.15, 0.2) is 29.1 Å². The molecule has 1 aromatic carbocycles. The molecule has 4 aliphatic heterocycles. The van der Waals surface area contributed by atoms with Crippen LogP contribution in [0.2, 0.25) is 0 Å². The summed E-state index contributed by atoms with van der Waals surface area (Å²) in [5.41, 5.74) is 0.743. The molecule has 0 saturated carbocycles. The summed E-state index contributed by atoms with van der Waals surface area (Å²) < 4.78 is 55.9. The van der Waals surface area contributed by atoms with Crippen molar-refractivity contribution in [1.29, 1.82) is 0 Å².